The molecule has 0 saturated heterocycles. The van der Waals surface area contributed by atoms with Gasteiger partial charge in [0.15, 0.2) is 5.82 Å². The van der Waals surface area contributed by atoms with Crippen molar-refractivity contribution >= 4 is 34.9 Å². The molecule has 9 heteroatoms. The van der Waals surface area contributed by atoms with E-state index in [0.29, 0.717) is 34.2 Å². The first-order valence-electron chi connectivity index (χ1n) is 10.3. The maximum atomic E-state index is 13.4. The molecular formula is C25H20Cl2FN3O3. The summed E-state index contributed by atoms with van der Waals surface area (Å²) in [5.41, 5.74) is 1.79. The number of carbonyl (C=O) groups is 1. The van der Waals surface area contributed by atoms with Crippen molar-refractivity contribution < 1.29 is 18.7 Å². The van der Waals surface area contributed by atoms with Gasteiger partial charge in [-0.3, -0.25) is 9.48 Å². The number of hydrogen-bond donors (Lipinski definition) is 1. The van der Waals surface area contributed by atoms with Gasteiger partial charge in [0.2, 0.25) is 0 Å². The number of methoxy groups -OCH3 is 1. The van der Waals surface area contributed by atoms with Gasteiger partial charge in [-0.2, -0.15) is 5.10 Å². The monoisotopic (exact) mass is 499 g/mol. The van der Waals surface area contributed by atoms with Gasteiger partial charge in [0, 0.05) is 22.3 Å². The number of amides is 1. The number of benzene rings is 3. The molecule has 0 fully saturated rings. The van der Waals surface area contributed by atoms with Crippen molar-refractivity contribution in [2.45, 2.75) is 13.2 Å². The van der Waals surface area contributed by atoms with Crippen LogP contribution in [0.5, 0.6) is 11.5 Å². The standard InChI is InChI=1S/C25H20Cl2FN3O3/c1-33-23-10-5-17(12-18(23)15-34-21-8-6-19(26)7-9-21)25(32)29-24-22(27)14-31(30-24)13-16-3-2-4-20(28)11-16/h2-12,14H,13,15H2,1H3,(H,29,30,32). The number of aromatic nitrogens is 2. The summed E-state index contributed by atoms with van der Waals surface area (Å²) in [6, 6.07) is 18.2. The molecule has 0 bridgehead atoms. The minimum absolute atomic E-state index is 0.189. The highest BCUT2D eigenvalue weighted by molar-refractivity contribution is 6.33. The molecule has 0 unspecified atom stereocenters. The predicted molar refractivity (Wildman–Crippen MR) is 129 cm³/mol. The van der Waals surface area contributed by atoms with Gasteiger partial charge in [-0.05, 0) is 60.2 Å². The fourth-order valence-electron chi connectivity index (χ4n) is 3.29. The van der Waals surface area contributed by atoms with Crippen LogP contribution < -0.4 is 14.8 Å². The molecule has 0 saturated carbocycles. The zero-order valence-corrected chi connectivity index (χ0v) is 19.6. The van der Waals surface area contributed by atoms with E-state index in [4.69, 9.17) is 32.7 Å². The normalized spacial score (nSPS) is 10.7. The van der Waals surface area contributed by atoms with Gasteiger partial charge < -0.3 is 14.8 Å². The van der Waals surface area contributed by atoms with Gasteiger partial charge in [-0.15, -0.1) is 0 Å². The van der Waals surface area contributed by atoms with Crippen LogP contribution >= 0.6 is 23.2 Å². The SMILES string of the molecule is COc1ccc(C(=O)Nc2nn(Cc3cccc(F)c3)cc2Cl)cc1COc1ccc(Cl)cc1. The Bertz CT molecular complexity index is 1310. The largest absolute Gasteiger partial charge is 0.496 e. The molecule has 0 aliphatic heterocycles. The fraction of sp³-hybridized carbons (Fsp3) is 0.120. The van der Waals surface area contributed by atoms with Crippen LogP contribution in [0.1, 0.15) is 21.5 Å². The van der Waals surface area contributed by atoms with Gasteiger partial charge in [0.1, 0.15) is 28.9 Å². The molecule has 174 valence electrons. The van der Waals surface area contributed by atoms with E-state index in [-0.39, 0.29) is 23.3 Å². The highest BCUT2D eigenvalue weighted by atomic mass is 35.5. The van der Waals surface area contributed by atoms with Crippen molar-refractivity contribution in [3.05, 3.63) is 105 Å². The van der Waals surface area contributed by atoms with Crippen molar-refractivity contribution in [1.82, 2.24) is 9.78 Å². The molecule has 0 spiro atoms. The maximum Gasteiger partial charge on any atom is 0.256 e. The number of hydrogen-bond acceptors (Lipinski definition) is 4. The van der Waals surface area contributed by atoms with Crippen molar-refractivity contribution in [2.75, 3.05) is 12.4 Å². The van der Waals surface area contributed by atoms with Crippen molar-refractivity contribution in [1.29, 1.82) is 0 Å². The molecule has 3 aromatic carbocycles. The topological polar surface area (TPSA) is 65.4 Å². The fourth-order valence-corrected chi connectivity index (χ4v) is 3.61. The highest BCUT2D eigenvalue weighted by Crippen LogP contribution is 2.25. The van der Waals surface area contributed by atoms with Crippen LogP contribution in [-0.2, 0) is 13.2 Å². The summed E-state index contributed by atoms with van der Waals surface area (Å²) in [5, 5.41) is 7.91. The highest BCUT2D eigenvalue weighted by Gasteiger charge is 2.15. The third-order valence-electron chi connectivity index (χ3n) is 4.93. The minimum Gasteiger partial charge on any atom is -0.496 e. The lowest BCUT2D eigenvalue weighted by atomic mass is 10.1. The summed E-state index contributed by atoms with van der Waals surface area (Å²) < 4.78 is 26.2. The Morgan fingerprint density at radius 1 is 1.09 bits per heavy atom. The van der Waals surface area contributed by atoms with Crippen molar-refractivity contribution in [3.8, 4) is 11.5 Å². The average molecular weight is 500 g/mol. The summed E-state index contributed by atoms with van der Waals surface area (Å²) in [5.74, 6) is 0.700. The molecule has 1 heterocycles. The summed E-state index contributed by atoms with van der Waals surface area (Å²) in [6.07, 6.45) is 1.57. The Kier molecular flexibility index (Phi) is 7.35. The van der Waals surface area contributed by atoms with Crippen molar-refractivity contribution in [3.63, 3.8) is 0 Å². The third-order valence-corrected chi connectivity index (χ3v) is 5.46. The molecule has 1 amide bonds. The van der Waals surface area contributed by atoms with Gasteiger partial charge in [0.05, 0.1) is 13.7 Å². The first-order valence-corrected chi connectivity index (χ1v) is 11.0. The third kappa shape index (κ3) is 5.87. The Morgan fingerprint density at radius 2 is 1.88 bits per heavy atom. The minimum atomic E-state index is -0.395. The summed E-state index contributed by atoms with van der Waals surface area (Å²) >= 11 is 12.2. The quantitative estimate of drug-likeness (QED) is 0.312. The molecule has 1 aromatic heterocycles. The molecule has 0 aliphatic carbocycles. The second kappa shape index (κ2) is 10.6. The van der Waals surface area contributed by atoms with Crippen LogP contribution in [0.3, 0.4) is 0 Å². The van der Waals surface area contributed by atoms with Crippen LogP contribution in [0.4, 0.5) is 10.2 Å². The number of nitrogens with one attached hydrogen (secondary N) is 1. The zero-order valence-electron chi connectivity index (χ0n) is 18.1. The van der Waals surface area contributed by atoms with Crippen LogP contribution in [0.15, 0.2) is 72.9 Å². The first-order chi connectivity index (χ1) is 16.4. The lowest BCUT2D eigenvalue weighted by Crippen LogP contribution is -2.14. The summed E-state index contributed by atoms with van der Waals surface area (Å²) in [6.45, 7) is 0.497. The van der Waals surface area contributed by atoms with Crippen LogP contribution in [0, 0.1) is 5.82 Å². The lowest BCUT2D eigenvalue weighted by Gasteiger charge is -2.12. The summed E-state index contributed by atoms with van der Waals surface area (Å²) in [4.78, 5) is 12.9. The molecule has 0 atom stereocenters. The Labute approximate surface area is 205 Å². The van der Waals surface area contributed by atoms with Crippen molar-refractivity contribution in [2.24, 2.45) is 0 Å². The Balaban J connectivity index is 1.47. The average Bonchev–Trinajstić information content (AvgIpc) is 3.16. The van der Waals surface area contributed by atoms with Gasteiger partial charge in [0.25, 0.3) is 5.91 Å². The van der Waals surface area contributed by atoms with E-state index in [1.165, 1.54) is 16.8 Å². The molecule has 0 aliphatic rings. The summed E-state index contributed by atoms with van der Waals surface area (Å²) in [7, 11) is 1.55. The van der Waals surface area contributed by atoms with E-state index >= 15 is 0 Å². The molecule has 4 aromatic rings. The van der Waals surface area contributed by atoms with E-state index in [1.807, 2.05) is 0 Å². The number of anilines is 1. The lowest BCUT2D eigenvalue weighted by molar-refractivity contribution is 0.102. The van der Waals surface area contributed by atoms with Crippen LogP contribution in [-0.4, -0.2) is 22.8 Å². The molecule has 1 N–H and O–H groups in total. The second-order valence-electron chi connectivity index (χ2n) is 7.38. The number of nitrogens with zero attached hydrogens (tertiary/aromatic N) is 2. The Hall–Kier alpha value is -3.55. The van der Waals surface area contributed by atoms with E-state index in [0.717, 1.165) is 5.56 Å². The van der Waals surface area contributed by atoms with Crippen LogP contribution in [0.25, 0.3) is 0 Å². The molecule has 0 radical (unpaired) electrons. The smallest absolute Gasteiger partial charge is 0.256 e. The van der Waals surface area contributed by atoms with E-state index in [1.54, 1.807) is 67.9 Å². The van der Waals surface area contributed by atoms with Gasteiger partial charge in [-0.1, -0.05) is 35.3 Å². The first kappa shape index (κ1) is 23.6. The maximum absolute atomic E-state index is 13.4. The second-order valence-corrected chi connectivity index (χ2v) is 8.22. The molecule has 6 nitrogen and oxygen atoms in total. The number of carbonyl (C=O) groups excluding carboxylic acids is 1. The van der Waals surface area contributed by atoms with Crippen LogP contribution in [0.2, 0.25) is 10.0 Å². The van der Waals surface area contributed by atoms with Gasteiger partial charge >= 0.3 is 0 Å². The number of ether oxygens (including phenoxy) is 2. The number of halogens is 3. The molecule has 34 heavy (non-hydrogen) atoms. The van der Waals surface area contributed by atoms with E-state index in [2.05, 4.69) is 10.4 Å². The molecular weight excluding hydrogens is 480 g/mol. The Morgan fingerprint density at radius 3 is 2.62 bits per heavy atom. The molecule has 4 rings (SSSR count). The van der Waals surface area contributed by atoms with E-state index in [9.17, 15) is 9.18 Å². The number of rotatable bonds is 8. The predicted octanol–water partition coefficient (Wildman–Crippen LogP) is 6.22. The van der Waals surface area contributed by atoms with Gasteiger partial charge in [-0.25, -0.2) is 4.39 Å². The van der Waals surface area contributed by atoms with E-state index < -0.39 is 5.91 Å². The zero-order chi connectivity index (χ0) is 24.1.